The number of carbonyl (C=O) groups is 2. The van der Waals surface area contributed by atoms with Gasteiger partial charge in [-0.05, 0) is 24.6 Å². The molecule has 21 heavy (non-hydrogen) atoms. The summed E-state index contributed by atoms with van der Waals surface area (Å²) < 4.78 is 1.25. The van der Waals surface area contributed by atoms with Crippen LogP contribution in [0.3, 0.4) is 0 Å². The van der Waals surface area contributed by atoms with Crippen LogP contribution in [0.25, 0.3) is 0 Å². The minimum atomic E-state index is -0.481. The van der Waals surface area contributed by atoms with E-state index in [4.69, 9.17) is 0 Å². The summed E-state index contributed by atoms with van der Waals surface area (Å²) in [5.41, 5.74) is 5.62. The van der Waals surface area contributed by atoms with Crippen LogP contribution in [0.1, 0.15) is 15.9 Å². The molecule has 0 spiro atoms. The van der Waals surface area contributed by atoms with Crippen molar-refractivity contribution < 1.29 is 9.59 Å². The number of benzene rings is 1. The average Bonchev–Trinajstić information content (AvgIpc) is 2.48. The smallest absolute Gasteiger partial charge is 0.269 e. The molecular formula is C15H15N3O3. The van der Waals surface area contributed by atoms with Gasteiger partial charge in [0.05, 0.1) is 0 Å². The Morgan fingerprint density at radius 1 is 1.05 bits per heavy atom. The van der Waals surface area contributed by atoms with Gasteiger partial charge in [0.25, 0.3) is 17.4 Å². The zero-order valence-electron chi connectivity index (χ0n) is 11.5. The first kappa shape index (κ1) is 14.5. The van der Waals surface area contributed by atoms with Crippen molar-refractivity contribution in [3.8, 4) is 0 Å². The summed E-state index contributed by atoms with van der Waals surface area (Å²) in [5, 5.41) is 0. The van der Waals surface area contributed by atoms with E-state index < -0.39 is 11.8 Å². The number of aryl methyl sites for hydroxylation is 1. The normalized spacial score (nSPS) is 9.95. The van der Waals surface area contributed by atoms with Crippen molar-refractivity contribution in [2.24, 2.45) is 0 Å². The number of rotatable bonds is 3. The molecule has 0 aliphatic carbocycles. The zero-order chi connectivity index (χ0) is 15.2. The lowest BCUT2D eigenvalue weighted by Crippen LogP contribution is -2.44. The number of carbonyl (C=O) groups excluding carboxylic acids is 2. The molecule has 0 bridgehead atoms. The van der Waals surface area contributed by atoms with Gasteiger partial charge in [-0.2, -0.15) is 0 Å². The summed E-state index contributed by atoms with van der Waals surface area (Å²) in [6.45, 7) is 1.65. The lowest BCUT2D eigenvalue weighted by molar-refractivity contribution is -0.122. The minimum Gasteiger partial charge on any atom is -0.306 e. The Kier molecular flexibility index (Phi) is 4.50. The summed E-state index contributed by atoms with van der Waals surface area (Å²) >= 11 is 0. The number of amides is 2. The third-order valence-corrected chi connectivity index (χ3v) is 2.92. The van der Waals surface area contributed by atoms with Crippen LogP contribution in [0.15, 0.2) is 53.5 Å². The predicted octanol–water partition coefficient (Wildman–Crippen LogP) is 0.618. The topological polar surface area (TPSA) is 80.2 Å². The molecule has 1 aromatic heterocycles. The second-order valence-corrected chi connectivity index (χ2v) is 4.48. The number of aromatic nitrogens is 1. The first-order valence-electron chi connectivity index (χ1n) is 6.38. The molecule has 0 radical (unpaired) electrons. The van der Waals surface area contributed by atoms with E-state index in [1.54, 1.807) is 37.3 Å². The van der Waals surface area contributed by atoms with Gasteiger partial charge in [0, 0.05) is 17.8 Å². The van der Waals surface area contributed by atoms with E-state index in [-0.39, 0.29) is 12.1 Å². The molecule has 0 aliphatic rings. The van der Waals surface area contributed by atoms with Gasteiger partial charge < -0.3 is 4.57 Å². The number of nitrogens with zero attached hydrogens (tertiary/aromatic N) is 1. The third-order valence-electron chi connectivity index (χ3n) is 2.92. The van der Waals surface area contributed by atoms with Gasteiger partial charge in [-0.1, -0.05) is 24.3 Å². The van der Waals surface area contributed by atoms with Crippen molar-refractivity contribution in [2.45, 2.75) is 13.5 Å². The summed E-state index contributed by atoms with van der Waals surface area (Å²) in [6.07, 6.45) is 1.51. The van der Waals surface area contributed by atoms with Gasteiger partial charge in [0.1, 0.15) is 6.54 Å². The molecule has 2 amide bonds. The summed E-state index contributed by atoms with van der Waals surface area (Å²) in [6, 6.07) is 11.6. The Labute approximate surface area is 121 Å². The Morgan fingerprint density at radius 2 is 1.76 bits per heavy atom. The molecule has 0 atom stereocenters. The molecule has 6 heteroatoms. The van der Waals surface area contributed by atoms with E-state index in [2.05, 4.69) is 10.9 Å². The Bertz CT molecular complexity index is 722. The van der Waals surface area contributed by atoms with Crippen LogP contribution in [-0.2, 0) is 11.3 Å². The van der Waals surface area contributed by atoms with Gasteiger partial charge in [-0.25, -0.2) is 0 Å². The van der Waals surface area contributed by atoms with Crippen molar-refractivity contribution in [3.05, 3.63) is 70.1 Å². The standard InChI is InChI=1S/C15H15N3O3/c1-11-6-2-3-7-12(11)15(21)17-16-13(19)10-18-9-5-4-8-14(18)20/h2-9H,10H2,1H3,(H,16,19)(H,17,21). The summed E-state index contributed by atoms with van der Waals surface area (Å²) in [5.74, 6) is -0.882. The maximum Gasteiger partial charge on any atom is 0.269 e. The maximum atomic E-state index is 11.9. The highest BCUT2D eigenvalue weighted by molar-refractivity contribution is 5.96. The number of pyridine rings is 1. The predicted molar refractivity (Wildman–Crippen MR) is 77.5 cm³/mol. The second-order valence-electron chi connectivity index (χ2n) is 4.48. The van der Waals surface area contributed by atoms with Crippen molar-refractivity contribution in [3.63, 3.8) is 0 Å². The molecule has 0 saturated heterocycles. The highest BCUT2D eigenvalue weighted by atomic mass is 16.2. The number of hydrogen-bond acceptors (Lipinski definition) is 3. The fourth-order valence-corrected chi connectivity index (χ4v) is 1.81. The van der Waals surface area contributed by atoms with E-state index in [1.807, 2.05) is 6.07 Å². The highest BCUT2D eigenvalue weighted by Gasteiger charge is 2.09. The maximum absolute atomic E-state index is 11.9. The molecule has 0 aliphatic heterocycles. The van der Waals surface area contributed by atoms with E-state index in [9.17, 15) is 14.4 Å². The Hall–Kier alpha value is -2.89. The quantitative estimate of drug-likeness (QED) is 0.811. The lowest BCUT2D eigenvalue weighted by atomic mass is 10.1. The molecule has 0 fully saturated rings. The van der Waals surface area contributed by atoms with Crippen molar-refractivity contribution in [1.29, 1.82) is 0 Å². The third kappa shape index (κ3) is 3.79. The molecule has 2 N–H and O–H groups in total. The average molecular weight is 285 g/mol. The molecular weight excluding hydrogens is 270 g/mol. The Morgan fingerprint density at radius 3 is 2.48 bits per heavy atom. The molecule has 2 rings (SSSR count). The van der Waals surface area contributed by atoms with Crippen molar-refractivity contribution >= 4 is 11.8 Å². The largest absolute Gasteiger partial charge is 0.306 e. The van der Waals surface area contributed by atoms with Gasteiger partial charge >= 0.3 is 0 Å². The summed E-state index contributed by atoms with van der Waals surface area (Å²) in [4.78, 5) is 35.0. The fourth-order valence-electron chi connectivity index (χ4n) is 1.81. The van der Waals surface area contributed by atoms with Crippen LogP contribution < -0.4 is 16.4 Å². The van der Waals surface area contributed by atoms with Gasteiger partial charge in [0.2, 0.25) is 0 Å². The first-order valence-corrected chi connectivity index (χ1v) is 6.38. The first-order chi connectivity index (χ1) is 10.1. The number of nitrogens with one attached hydrogen (secondary N) is 2. The molecule has 1 aromatic carbocycles. The molecule has 0 saturated carbocycles. The molecule has 6 nitrogen and oxygen atoms in total. The van der Waals surface area contributed by atoms with Gasteiger partial charge in [0.15, 0.2) is 0 Å². The Balaban J connectivity index is 1.93. The van der Waals surface area contributed by atoms with E-state index >= 15 is 0 Å². The van der Waals surface area contributed by atoms with Gasteiger partial charge in [-0.3, -0.25) is 25.2 Å². The van der Waals surface area contributed by atoms with Crippen LogP contribution in [-0.4, -0.2) is 16.4 Å². The van der Waals surface area contributed by atoms with Crippen LogP contribution in [0.2, 0.25) is 0 Å². The van der Waals surface area contributed by atoms with E-state index in [1.165, 1.54) is 16.8 Å². The van der Waals surface area contributed by atoms with Crippen LogP contribution in [0.5, 0.6) is 0 Å². The zero-order valence-corrected chi connectivity index (χ0v) is 11.5. The van der Waals surface area contributed by atoms with Crippen molar-refractivity contribution in [2.75, 3.05) is 0 Å². The molecule has 108 valence electrons. The monoisotopic (exact) mass is 285 g/mol. The molecule has 0 unspecified atom stereocenters. The SMILES string of the molecule is Cc1ccccc1C(=O)NNC(=O)Cn1ccccc1=O. The highest BCUT2D eigenvalue weighted by Crippen LogP contribution is 2.05. The molecule has 1 heterocycles. The van der Waals surface area contributed by atoms with E-state index in [0.29, 0.717) is 5.56 Å². The van der Waals surface area contributed by atoms with Crippen LogP contribution >= 0.6 is 0 Å². The molecule has 2 aromatic rings. The fraction of sp³-hybridized carbons (Fsp3) is 0.133. The van der Waals surface area contributed by atoms with Crippen LogP contribution in [0.4, 0.5) is 0 Å². The van der Waals surface area contributed by atoms with Gasteiger partial charge in [-0.15, -0.1) is 0 Å². The number of hydrazine groups is 1. The van der Waals surface area contributed by atoms with Crippen molar-refractivity contribution in [1.82, 2.24) is 15.4 Å². The number of hydrogen-bond donors (Lipinski definition) is 2. The van der Waals surface area contributed by atoms with E-state index in [0.717, 1.165) is 5.56 Å². The second kappa shape index (κ2) is 6.51. The summed E-state index contributed by atoms with van der Waals surface area (Å²) in [7, 11) is 0. The lowest BCUT2D eigenvalue weighted by Gasteiger charge is -2.09. The van der Waals surface area contributed by atoms with Crippen LogP contribution in [0, 0.1) is 6.92 Å². The minimum absolute atomic E-state index is 0.159.